The van der Waals surface area contributed by atoms with Crippen molar-refractivity contribution < 1.29 is 0 Å². The number of aromatic nitrogens is 1. The minimum atomic E-state index is 0.0926. The zero-order valence-corrected chi connectivity index (χ0v) is 28.9. The van der Waals surface area contributed by atoms with Gasteiger partial charge in [-0.25, -0.2) is 0 Å². The summed E-state index contributed by atoms with van der Waals surface area (Å²) in [5.74, 6) is 2.66. The molecule has 0 spiro atoms. The fourth-order valence-corrected chi connectivity index (χ4v) is 7.77. The van der Waals surface area contributed by atoms with Crippen LogP contribution in [0.4, 0.5) is 17.2 Å². The number of fused-ring (bicyclic) bond motifs is 4. The molecular formula is C44H47BN2. The Morgan fingerprint density at radius 3 is 1.70 bits per heavy atom. The smallest absolute Gasteiger partial charge is 0.250 e. The highest BCUT2D eigenvalue weighted by molar-refractivity contribution is 7.00. The van der Waals surface area contributed by atoms with Crippen molar-refractivity contribution in [3.05, 3.63) is 138 Å². The highest BCUT2D eigenvalue weighted by Crippen LogP contribution is 2.42. The first-order chi connectivity index (χ1) is 23.0. The van der Waals surface area contributed by atoms with Gasteiger partial charge in [0.2, 0.25) is 6.71 Å². The van der Waals surface area contributed by atoms with E-state index in [1.54, 1.807) is 0 Å². The Kier molecular flexibility index (Phi) is 8.58. The normalized spacial score (nSPS) is 14.5. The van der Waals surface area contributed by atoms with E-state index < -0.39 is 0 Å². The molecule has 3 unspecified atom stereocenters. The predicted octanol–water partition coefficient (Wildman–Crippen LogP) is 10.5. The Labute approximate surface area is 282 Å². The van der Waals surface area contributed by atoms with Crippen LogP contribution in [0.3, 0.4) is 0 Å². The lowest BCUT2D eigenvalue weighted by molar-refractivity contribution is 0.696. The Hall–Kier alpha value is -4.50. The minimum absolute atomic E-state index is 0.0926. The molecule has 5 aromatic carbocycles. The summed E-state index contributed by atoms with van der Waals surface area (Å²) in [6.45, 7) is 14.4. The molecule has 6 aromatic rings. The number of benzene rings is 5. The van der Waals surface area contributed by atoms with E-state index in [0.29, 0.717) is 17.8 Å². The number of hydrogen-bond donors (Lipinski definition) is 0. The van der Waals surface area contributed by atoms with E-state index in [1.165, 1.54) is 66.9 Å². The molecule has 2 nitrogen and oxygen atoms in total. The van der Waals surface area contributed by atoms with Crippen molar-refractivity contribution in [3.63, 3.8) is 0 Å². The van der Waals surface area contributed by atoms with Gasteiger partial charge in [0.25, 0.3) is 0 Å². The third kappa shape index (κ3) is 5.21. The van der Waals surface area contributed by atoms with E-state index in [-0.39, 0.29) is 6.71 Å². The molecule has 3 heteroatoms. The number of nitrogens with zero attached hydrogens (tertiary/aromatic N) is 2. The molecule has 7 rings (SSSR count). The van der Waals surface area contributed by atoms with Crippen LogP contribution in [0.1, 0.15) is 95.2 Å². The Morgan fingerprint density at radius 1 is 0.553 bits per heavy atom. The van der Waals surface area contributed by atoms with Crippen LogP contribution in [-0.2, 0) is 0 Å². The molecule has 0 radical (unpaired) electrons. The maximum atomic E-state index is 2.59. The molecule has 2 heterocycles. The van der Waals surface area contributed by atoms with Gasteiger partial charge in [0, 0.05) is 17.1 Å². The van der Waals surface area contributed by atoms with Crippen molar-refractivity contribution in [2.24, 2.45) is 0 Å². The molecule has 1 aromatic heterocycles. The second-order valence-electron chi connectivity index (χ2n) is 13.6. The molecule has 47 heavy (non-hydrogen) atoms. The van der Waals surface area contributed by atoms with Crippen molar-refractivity contribution in [2.75, 3.05) is 4.90 Å². The van der Waals surface area contributed by atoms with Crippen LogP contribution >= 0.6 is 0 Å². The highest BCUT2D eigenvalue weighted by Gasteiger charge is 2.42. The summed E-state index contributed by atoms with van der Waals surface area (Å²) in [7, 11) is 0. The minimum Gasteiger partial charge on any atom is -0.297 e. The average molecular weight is 615 g/mol. The number of hydrogen-bond acceptors (Lipinski definition) is 1. The zero-order chi connectivity index (χ0) is 32.7. The largest absolute Gasteiger partial charge is 0.297 e. The van der Waals surface area contributed by atoms with Gasteiger partial charge in [-0.2, -0.15) is 0 Å². The lowest BCUT2D eigenvalue weighted by Crippen LogP contribution is -2.59. The van der Waals surface area contributed by atoms with Crippen LogP contribution < -0.4 is 21.3 Å². The molecule has 0 fully saturated rings. The monoisotopic (exact) mass is 614 g/mol. The van der Waals surface area contributed by atoms with E-state index in [4.69, 9.17) is 0 Å². The fourth-order valence-electron chi connectivity index (χ4n) is 7.77. The third-order valence-corrected chi connectivity index (χ3v) is 10.9. The summed E-state index contributed by atoms with van der Waals surface area (Å²) in [5.41, 5.74) is 13.7. The average Bonchev–Trinajstić information content (AvgIpc) is 3.47. The molecule has 3 atom stereocenters. The van der Waals surface area contributed by atoms with Gasteiger partial charge in [0.1, 0.15) is 5.82 Å². The maximum absolute atomic E-state index is 2.59. The Bertz CT molecular complexity index is 1980. The Morgan fingerprint density at radius 2 is 1.09 bits per heavy atom. The second kappa shape index (κ2) is 13.0. The summed E-state index contributed by atoms with van der Waals surface area (Å²) in [5, 5.41) is 1.32. The first kappa shape index (κ1) is 31.1. The van der Waals surface area contributed by atoms with Gasteiger partial charge in [-0.15, -0.1) is 0 Å². The van der Waals surface area contributed by atoms with Crippen molar-refractivity contribution >= 4 is 51.2 Å². The zero-order valence-electron chi connectivity index (χ0n) is 28.9. The van der Waals surface area contributed by atoms with Crippen LogP contribution in [0, 0.1) is 0 Å². The molecule has 0 bridgehead atoms. The third-order valence-electron chi connectivity index (χ3n) is 10.9. The van der Waals surface area contributed by atoms with E-state index in [1.807, 2.05) is 0 Å². The summed E-state index contributed by atoms with van der Waals surface area (Å²) in [6, 6.07) is 45.3. The van der Waals surface area contributed by atoms with Gasteiger partial charge in [-0.1, -0.05) is 132 Å². The van der Waals surface area contributed by atoms with E-state index in [9.17, 15) is 0 Å². The summed E-state index contributed by atoms with van der Waals surface area (Å²) in [6.07, 6.45) is 3.37. The first-order valence-electron chi connectivity index (χ1n) is 17.8. The fraction of sp³-hybridized carbons (Fsp3) is 0.273. The molecule has 1 aliphatic heterocycles. The molecule has 0 N–H and O–H groups in total. The van der Waals surface area contributed by atoms with Crippen molar-refractivity contribution in [2.45, 2.75) is 78.6 Å². The molecule has 0 amide bonds. The number of rotatable bonds is 9. The summed E-state index contributed by atoms with van der Waals surface area (Å²) < 4.78 is 2.51. The van der Waals surface area contributed by atoms with Crippen LogP contribution in [0.25, 0.3) is 16.6 Å². The quantitative estimate of drug-likeness (QED) is 0.147. The lowest BCUT2D eigenvalue weighted by Gasteiger charge is -2.38. The highest BCUT2D eigenvalue weighted by atomic mass is 15.3. The molecule has 1 aliphatic rings. The summed E-state index contributed by atoms with van der Waals surface area (Å²) in [4.78, 5) is 2.52. The van der Waals surface area contributed by atoms with Gasteiger partial charge in [-0.05, 0) is 106 Å². The van der Waals surface area contributed by atoms with Gasteiger partial charge in [0.05, 0.1) is 5.52 Å². The SMILES string of the molecule is CCC(C)c1cc(C(C)CC)c(B2c3ccccc3N(c3ccccc3)c3c2c2ccccc2n3-c2ccccc2)c(C(C)CC)c1. The van der Waals surface area contributed by atoms with Crippen molar-refractivity contribution in [1.82, 2.24) is 4.57 Å². The van der Waals surface area contributed by atoms with Gasteiger partial charge in [-0.3, -0.25) is 9.47 Å². The second-order valence-corrected chi connectivity index (χ2v) is 13.6. The van der Waals surface area contributed by atoms with Gasteiger partial charge in [0.15, 0.2) is 0 Å². The van der Waals surface area contributed by atoms with Crippen molar-refractivity contribution in [3.8, 4) is 5.69 Å². The topological polar surface area (TPSA) is 8.17 Å². The predicted molar refractivity (Wildman–Crippen MR) is 205 cm³/mol. The summed E-state index contributed by atoms with van der Waals surface area (Å²) >= 11 is 0. The van der Waals surface area contributed by atoms with Crippen LogP contribution in [0.15, 0.2) is 121 Å². The molecule has 0 aliphatic carbocycles. The number of anilines is 3. The van der Waals surface area contributed by atoms with Gasteiger partial charge >= 0.3 is 0 Å². The molecule has 0 saturated carbocycles. The lowest BCUT2D eigenvalue weighted by atomic mass is 9.33. The van der Waals surface area contributed by atoms with Crippen LogP contribution in [0.2, 0.25) is 0 Å². The molecule has 0 saturated heterocycles. The van der Waals surface area contributed by atoms with E-state index in [2.05, 4.69) is 172 Å². The number of para-hydroxylation sites is 4. The van der Waals surface area contributed by atoms with Crippen LogP contribution in [-0.4, -0.2) is 11.3 Å². The van der Waals surface area contributed by atoms with Crippen molar-refractivity contribution in [1.29, 1.82) is 0 Å². The molecule has 236 valence electrons. The van der Waals surface area contributed by atoms with E-state index in [0.717, 1.165) is 19.3 Å². The molecular weight excluding hydrogens is 567 g/mol. The van der Waals surface area contributed by atoms with E-state index >= 15 is 0 Å². The maximum Gasteiger partial charge on any atom is 0.250 e. The standard InChI is InChI=1S/C44H47BN2/c1-7-30(4)33-28-37(31(5)8-2)42(38(29-33)32(6)9-3)45-39-25-17-19-27-41(39)47(35-22-14-11-15-23-35)44-43(45)36-24-16-18-26-40(36)46(44)34-20-12-10-13-21-34/h10-32H,7-9H2,1-6H3. The van der Waals surface area contributed by atoms with Crippen LogP contribution in [0.5, 0.6) is 0 Å². The Balaban J connectivity index is 1.67. The van der Waals surface area contributed by atoms with Gasteiger partial charge < -0.3 is 0 Å². The first-order valence-corrected chi connectivity index (χ1v) is 17.8.